The summed E-state index contributed by atoms with van der Waals surface area (Å²) in [7, 11) is 1.81. The molecule has 0 saturated carbocycles. The monoisotopic (exact) mass is 309 g/mol. The molecule has 0 radical (unpaired) electrons. The average molecular weight is 309 g/mol. The van der Waals surface area contributed by atoms with E-state index in [1.165, 1.54) is 17.4 Å². The van der Waals surface area contributed by atoms with Crippen molar-refractivity contribution in [1.82, 2.24) is 4.90 Å². The Hall–Kier alpha value is -1.66. The molecule has 2 rings (SSSR count). The summed E-state index contributed by atoms with van der Waals surface area (Å²) in [6, 6.07) is 3.51. The van der Waals surface area contributed by atoms with Crippen LogP contribution in [0.1, 0.15) is 27.4 Å². The zero-order chi connectivity index (χ0) is 15.2. The third kappa shape index (κ3) is 4.68. The van der Waals surface area contributed by atoms with E-state index in [4.69, 9.17) is 9.84 Å². The van der Waals surface area contributed by atoms with Gasteiger partial charge in [-0.1, -0.05) is 0 Å². The summed E-state index contributed by atoms with van der Waals surface area (Å²) >= 11 is 1.31. The minimum Gasteiger partial charge on any atom is -0.478 e. The Kier molecular flexibility index (Phi) is 5.52. The predicted octanol–water partition coefficient (Wildman–Crippen LogP) is 2.34. The number of ether oxygens (including phenoxy) is 1. The molecule has 1 aromatic heterocycles. The number of hydrogen-bond acceptors (Lipinski definition) is 4. The minimum absolute atomic E-state index is 0.0125. The Labute approximate surface area is 127 Å². The summed E-state index contributed by atoms with van der Waals surface area (Å²) in [5.41, 5.74) is 0. The van der Waals surface area contributed by atoms with Gasteiger partial charge in [0.25, 0.3) is 5.91 Å². The topological polar surface area (TPSA) is 66.8 Å². The summed E-state index contributed by atoms with van der Waals surface area (Å²) in [4.78, 5) is 26.0. The van der Waals surface area contributed by atoms with Gasteiger partial charge in [-0.25, -0.2) is 4.79 Å². The van der Waals surface area contributed by atoms with Crippen LogP contribution in [0.25, 0.3) is 6.08 Å². The molecule has 1 fully saturated rings. The molecule has 0 aromatic carbocycles. The number of hydrogen-bond donors (Lipinski definition) is 1. The normalized spacial score (nSPS) is 16.2. The number of thiophene rings is 1. The van der Waals surface area contributed by atoms with Crippen molar-refractivity contribution in [3.05, 3.63) is 28.0 Å². The van der Waals surface area contributed by atoms with Crippen molar-refractivity contribution in [2.24, 2.45) is 5.92 Å². The predicted molar refractivity (Wildman–Crippen MR) is 81.5 cm³/mol. The number of carbonyl (C=O) groups excluding carboxylic acids is 1. The van der Waals surface area contributed by atoms with E-state index in [1.807, 2.05) is 7.05 Å². The molecule has 21 heavy (non-hydrogen) atoms. The molecule has 114 valence electrons. The third-order valence-electron chi connectivity index (χ3n) is 3.45. The molecule has 2 heterocycles. The maximum Gasteiger partial charge on any atom is 0.328 e. The van der Waals surface area contributed by atoms with Gasteiger partial charge in [0.2, 0.25) is 0 Å². The maximum absolute atomic E-state index is 12.3. The lowest BCUT2D eigenvalue weighted by Gasteiger charge is -2.26. The van der Waals surface area contributed by atoms with E-state index in [1.54, 1.807) is 17.0 Å². The Morgan fingerprint density at radius 1 is 1.43 bits per heavy atom. The molecule has 5 nitrogen and oxygen atoms in total. The zero-order valence-corrected chi connectivity index (χ0v) is 12.8. The van der Waals surface area contributed by atoms with Gasteiger partial charge in [0.1, 0.15) is 0 Å². The highest BCUT2D eigenvalue weighted by Gasteiger charge is 2.20. The Bertz CT molecular complexity index is 532. The fourth-order valence-corrected chi connectivity index (χ4v) is 3.20. The van der Waals surface area contributed by atoms with Gasteiger partial charge in [-0.05, 0) is 37.0 Å². The molecule has 6 heteroatoms. The highest BCUT2D eigenvalue weighted by atomic mass is 32.1. The molecule has 0 aliphatic carbocycles. The van der Waals surface area contributed by atoms with Crippen LogP contribution in [0.4, 0.5) is 0 Å². The maximum atomic E-state index is 12.3. The Morgan fingerprint density at radius 3 is 2.81 bits per heavy atom. The molecule has 1 amide bonds. The number of aliphatic carboxylic acids is 1. The van der Waals surface area contributed by atoms with Crippen LogP contribution in [-0.4, -0.2) is 48.7 Å². The van der Waals surface area contributed by atoms with Crippen LogP contribution in [0.3, 0.4) is 0 Å². The molecule has 1 N–H and O–H groups in total. The first-order valence-electron chi connectivity index (χ1n) is 6.90. The van der Waals surface area contributed by atoms with Gasteiger partial charge in [-0.2, -0.15) is 0 Å². The highest BCUT2D eigenvalue weighted by molar-refractivity contribution is 7.14. The second-order valence-electron chi connectivity index (χ2n) is 5.12. The van der Waals surface area contributed by atoms with E-state index in [-0.39, 0.29) is 5.91 Å². The lowest BCUT2D eigenvalue weighted by atomic mass is 10.00. The van der Waals surface area contributed by atoms with E-state index in [2.05, 4.69) is 0 Å². The number of carbonyl (C=O) groups is 2. The van der Waals surface area contributed by atoms with E-state index in [9.17, 15) is 9.59 Å². The van der Waals surface area contributed by atoms with Gasteiger partial charge in [0.05, 0.1) is 4.88 Å². The molecule has 1 aliphatic rings. The average Bonchev–Trinajstić information content (AvgIpc) is 2.94. The first-order chi connectivity index (χ1) is 10.1. The minimum atomic E-state index is -0.993. The number of amides is 1. The second-order valence-corrected chi connectivity index (χ2v) is 6.23. The summed E-state index contributed by atoms with van der Waals surface area (Å²) < 4.78 is 5.32. The molecule has 1 saturated heterocycles. The lowest BCUT2D eigenvalue weighted by molar-refractivity contribution is -0.131. The van der Waals surface area contributed by atoms with Gasteiger partial charge in [-0.3, -0.25) is 4.79 Å². The standard InChI is InChI=1S/C15H19NO4S/c1-16(10-11-6-8-20-9-7-11)15(19)13-4-2-12(21-13)3-5-14(17)18/h2-5,11H,6-10H2,1H3,(H,17,18). The fraction of sp³-hybridized carbons (Fsp3) is 0.467. The molecule has 1 aromatic rings. The molecule has 0 bridgehead atoms. The smallest absolute Gasteiger partial charge is 0.328 e. The van der Waals surface area contributed by atoms with Crippen molar-refractivity contribution in [2.75, 3.05) is 26.8 Å². The first-order valence-corrected chi connectivity index (χ1v) is 7.72. The van der Waals surface area contributed by atoms with Crippen LogP contribution in [0.5, 0.6) is 0 Å². The van der Waals surface area contributed by atoms with Crippen molar-refractivity contribution in [1.29, 1.82) is 0 Å². The van der Waals surface area contributed by atoms with E-state index in [0.29, 0.717) is 10.8 Å². The molecule has 0 atom stereocenters. The van der Waals surface area contributed by atoms with Gasteiger partial charge < -0.3 is 14.7 Å². The summed E-state index contributed by atoms with van der Waals surface area (Å²) in [5, 5.41) is 8.59. The molecular weight excluding hydrogens is 290 g/mol. The largest absolute Gasteiger partial charge is 0.478 e. The molecular formula is C15H19NO4S. The van der Waals surface area contributed by atoms with Crippen LogP contribution in [-0.2, 0) is 9.53 Å². The van der Waals surface area contributed by atoms with Crippen LogP contribution < -0.4 is 0 Å². The summed E-state index contributed by atoms with van der Waals surface area (Å²) in [6.45, 7) is 2.28. The summed E-state index contributed by atoms with van der Waals surface area (Å²) in [5.74, 6) is -0.506. The molecule has 0 spiro atoms. The van der Waals surface area contributed by atoms with Gasteiger partial charge in [0, 0.05) is 37.8 Å². The van der Waals surface area contributed by atoms with Crippen LogP contribution in [0.2, 0.25) is 0 Å². The first kappa shape index (κ1) is 15.7. The highest BCUT2D eigenvalue weighted by Crippen LogP contribution is 2.21. The number of carboxylic acids is 1. The van der Waals surface area contributed by atoms with Crippen LogP contribution in [0, 0.1) is 5.92 Å². The third-order valence-corrected chi connectivity index (χ3v) is 4.49. The van der Waals surface area contributed by atoms with E-state index < -0.39 is 5.97 Å². The Balaban J connectivity index is 1.93. The van der Waals surface area contributed by atoms with Gasteiger partial charge in [0.15, 0.2) is 0 Å². The number of rotatable bonds is 5. The zero-order valence-electron chi connectivity index (χ0n) is 11.9. The SMILES string of the molecule is CN(CC1CCOCC1)C(=O)c1ccc(C=CC(=O)O)s1. The quantitative estimate of drug-likeness (QED) is 0.848. The van der Waals surface area contributed by atoms with Crippen molar-refractivity contribution in [3.63, 3.8) is 0 Å². The van der Waals surface area contributed by atoms with Crippen molar-refractivity contribution >= 4 is 29.3 Å². The van der Waals surface area contributed by atoms with Crippen molar-refractivity contribution in [3.8, 4) is 0 Å². The number of carboxylic acid groups (broad SMARTS) is 1. The lowest BCUT2D eigenvalue weighted by Crippen LogP contribution is -2.33. The van der Waals surface area contributed by atoms with Crippen molar-refractivity contribution in [2.45, 2.75) is 12.8 Å². The van der Waals surface area contributed by atoms with Crippen LogP contribution in [0.15, 0.2) is 18.2 Å². The summed E-state index contributed by atoms with van der Waals surface area (Å²) in [6.07, 6.45) is 4.57. The Morgan fingerprint density at radius 2 is 2.14 bits per heavy atom. The second kappa shape index (κ2) is 7.38. The van der Waals surface area contributed by atoms with Gasteiger partial charge >= 0.3 is 5.97 Å². The van der Waals surface area contributed by atoms with Crippen molar-refractivity contribution < 1.29 is 19.4 Å². The van der Waals surface area contributed by atoms with Gasteiger partial charge in [-0.15, -0.1) is 11.3 Å². The van der Waals surface area contributed by atoms with E-state index in [0.717, 1.165) is 43.6 Å². The van der Waals surface area contributed by atoms with Crippen LogP contribution >= 0.6 is 11.3 Å². The number of nitrogens with zero attached hydrogens (tertiary/aromatic N) is 1. The molecule has 1 aliphatic heterocycles. The molecule has 0 unspecified atom stereocenters. The fourth-order valence-electron chi connectivity index (χ4n) is 2.30. The van der Waals surface area contributed by atoms with E-state index >= 15 is 0 Å².